The molecule has 1 N–H and O–H groups in total. The second-order valence-corrected chi connectivity index (χ2v) is 5.66. The molecular formula is C16H16FNO3S. The molecule has 1 atom stereocenters. The van der Waals surface area contributed by atoms with Gasteiger partial charge in [-0.05, 0) is 23.1 Å². The number of amides is 1. The Morgan fingerprint density at radius 2 is 2.05 bits per heavy atom. The Labute approximate surface area is 131 Å². The minimum absolute atomic E-state index is 0.0417. The fourth-order valence-corrected chi connectivity index (χ4v) is 2.80. The first-order valence-corrected chi connectivity index (χ1v) is 7.61. The molecule has 4 nitrogen and oxygen atoms in total. The molecule has 0 saturated carbocycles. The molecule has 2 aromatic rings. The Bertz CT molecular complexity index is 643. The summed E-state index contributed by atoms with van der Waals surface area (Å²) >= 11 is 1.44. The SMILES string of the molecule is COC(=O)C[C@@H](NC(=O)Cc1ccccc1F)c1cccs1. The lowest BCUT2D eigenvalue weighted by Gasteiger charge is -2.16. The maximum Gasteiger partial charge on any atom is 0.307 e. The molecule has 0 radical (unpaired) electrons. The number of carbonyl (C=O) groups excluding carboxylic acids is 2. The summed E-state index contributed by atoms with van der Waals surface area (Å²) in [7, 11) is 1.30. The van der Waals surface area contributed by atoms with E-state index in [1.807, 2.05) is 17.5 Å². The van der Waals surface area contributed by atoms with E-state index < -0.39 is 17.8 Å². The van der Waals surface area contributed by atoms with E-state index in [1.54, 1.807) is 18.2 Å². The Hall–Kier alpha value is -2.21. The van der Waals surface area contributed by atoms with Gasteiger partial charge in [-0.1, -0.05) is 24.3 Å². The lowest BCUT2D eigenvalue weighted by molar-refractivity contribution is -0.141. The molecule has 2 rings (SSSR count). The van der Waals surface area contributed by atoms with Crippen LogP contribution in [0.25, 0.3) is 0 Å². The first-order valence-electron chi connectivity index (χ1n) is 6.73. The van der Waals surface area contributed by atoms with Gasteiger partial charge in [-0.25, -0.2) is 4.39 Å². The van der Waals surface area contributed by atoms with E-state index in [-0.39, 0.29) is 18.7 Å². The number of hydrogen-bond donors (Lipinski definition) is 1. The van der Waals surface area contributed by atoms with E-state index in [9.17, 15) is 14.0 Å². The molecule has 1 aromatic carbocycles. The van der Waals surface area contributed by atoms with Crippen molar-refractivity contribution in [3.8, 4) is 0 Å². The number of esters is 1. The van der Waals surface area contributed by atoms with Crippen LogP contribution in [0.4, 0.5) is 4.39 Å². The summed E-state index contributed by atoms with van der Waals surface area (Å²) in [6.07, 6.45) is -0.0320. The van der Waals surface area contributed by atoms with Gasteiger partial charge in [0.2, 0.25) is 5.91 Å². The van der Waals surface area contributed by atoms with Gasteiger partial charge in [0.15, 0.2) is 0 Å². The van der Waals surface area contributed by atoms with Gasteiger partial charge in [-0.2, -0.15) is 0 Å². The van der Waals surface area contributed by atoms with E-state index in [0.717, 1.165) is 4.88 Å². The average molecular weight is 321 g/mol. The molecule has 0 bridgehead atoms. The first kappa shape index (κ1) is 16.2. The molecule has 1 amide bonds. The Morgan fingerprint density at radius 1 is 1.27 bits per heavy atom. The molecule has 22 heavy (non-hydrogen) atoms. The standard InChI is InChI=1S/C16H16FNO3S/c1-21-16(20)10-13(14-7-4-8-22-14)18-15(19)9-11-5-2-3-6-12(11)17/h2-8,13H,9-10H2,1H3,(H,18,19)/t13-/m1/s1. The second-order valence-electron chi connectivity index (χ2n) is 4.68. The largest absolute Gasteiger partial charge is 0.469 e. The molecule has 116 valence electrons. The summed E-state index contributed by atoms with van der Waals surface area (Å²) < 4.78 is 18.2. The van der Waals surface area contributed by atoms with Gasteiger partial charge in [0, 0.05) is 4.88 Å². The number of halogens is 1. The third-order valence-electron chi connectivity index (χ3n) is 3.13. The Balaban J connectivity index is 2.05. The fraction of sp³-hybridized carbons (Fsp3) is 0.250. The monoisotopic (exact) mass is 321 g/mol. The van der Waals surface area contributed by atoms with Gasteiger partial charge in [-0.3, -0.25) is 9.59 Å². The lowest BCUT2D eigenvalue weighted by atomic mass is 10.1. The van der Waals surface area contributed by atoms with Crippen LogP contribution in [0.5, 0.6) is 0 Å². The molecule has 1 heterocycles. The molecular weight excluding hydrogens is 305 g/mol. The Kier molecular flexibility index (Phi) is 5.66. The smallest absolute Gasteiger partial charge is 0.307 e. The summed E-state index contributed by atoms with van der Waals surface area (Å²) in [4.78, 5) is 24.5. The van der Waals surface area contributed by atoms with Crippen LogP contribution in [-0.4, -0.2) is 19.0 Å². The number of nitrogens with one attached hydrogen (secondary N) is 1. The number of rotatable bonds is 6. The highest BCUT2D eigenvalue weighted by atomic mass is 32.1. The van der Waals surface area contributed by atoms with E-state index >= 15 is 0 Å². The van der Waals surface area contributed by atoms with Gasteiger partial charge in [0.25, 0.3) is 0 Å². The molecule has 0 saturated heterocycles. The lowest BCUT2D eigenvalue weighted by Crippen LogP contribution is -2.31. The van der Waals surface area contributed by atoms with Gasteiger partial charge in [0.05, 0.1) is 26.0 Å². The zero-order chi connectivity index (χ0) is 15.9. The van der Waals surface area contributed by atoms with E-state index in [4.69, 9.17) is 0 Å². The highest BCUT2D eigenvalue weighted by Crippen LogP contribution is 2.22. The molecule has 0 unspecified atom stereocenters. The highest BCUT2D eigenvalue weighted by Gasteiger charge is 2.20. The average Bonchev–Trinajstić information content (AvgIpc) is 3.03. The van der Waals surface area contributed by atoms with E-state index in [0.29, 0.717) is 5.56 Å². The molecule has 0 spiro atoms. The molecule has 0 aliphatic carbocycles. The van der Waals surface area contributed by atoms with Crippen molar-refractivity contribution in [3.05, 3.63) is 58.0 Å². The summed E-state index contributed by atoms with van der Waals surface area (Å²) in [5, 5.41) is 4.63. The summed E-state index contributed by atoms with van der Waals surface area (Å²) in [5.41, 5.74) is 0.322. The van der Waals surface area contributed by atoms with Crippen molar-refractivity contribution >= 4 is 23.2 Å². The normalized spacial score (nSPS) is 11.7. The third-order valence-corrected chi connectivity index (χ3v) is 4.12. The quantitative estimate of drug-likeness (QED) is 0.832. The predicted octanol–water partition coefficient (Wildman–Crippen LogP) is 2.85. The number of benzene rings is 1. The van der Waals surface area contributed by atoms with Crippen molar-refractivity contribution in [1.29, 1.82) is 0 Å². The summed E-state index contributed by atoms with van der Waals surface area (Å²) in [5.74, 6) is -1.17. The van der Waals surface area contributed by atoms with Crippen molar-refractivity contribution in [2.45, 2.75) is 18.9 Å². The fourth-order valence-electron chi connectivity index (χ4n) is 2.02. The molecule has 6 heteroatoms. The van der Waals surface area contributed by atoms with Crippen LogP contribution in [-0.2, 0) is 20.7 Å². The second kappa shape index (κ2) is 7.70. The molecule has 0 fully saturated rings. The third kappa shape index (κ3) is 4.39. The van der Waals surface area contributed by atoms with E-state index in [2.05, 4.69) is 10.1 Å². The first-order chi connectivity index (χ1) is 10.6. The predicted molar refractivity (Wildman–Crippen MR) is 81.9 cm³/mol. The zero-order valence-corrected chi connectivity index (χ0v) is 12.9. The van der Waals surface area contributed by atoms with Crippen LogP contribution >= 0.6 is 11.3 Å². The van der Waals surface area contributed by atoms with Gasteiger partial charge >= 0.3 is 5.97 Å². The van der Waals surface area contributed by atoms with Crippen LogP contribution < -0.4 is 5.32 Å². The zero-order valence-electron chi connectivity index (χ0n) is 12.0. The number of carbonyl (C=O) groups is 2. The van der Waals surface area contributed by atoms with Gasteiger partial charge in [0.1, 0.15) is 5.82 Å². The summed E-state index contributed by atoms with van der Waals surface area (Å²) in [6.45, 7) is 0. The number of hydrogen-bond acceptors (Lipinski definition) is 4. The molecule has 1 aromatic heterocycles. The van der Waals surface area contributed by atoms with Crippen molar-refractivity contribution in [2.24, 2.45) is 0 Å². The number of ether oxygens (including phenoxy) is 1. The van der Waals surface area contributed by atoms with Crippen LogP contribution in [0.2, 0.25) is 0 Å². The maximum absolute atomic E-state index is 13.6. The van der Waals surface area contributed by atoms with Crippen LogP contribution in [0, 0.1) is 5.82 Å². The molecule has 0 aliphatic rings. The van der Waals surface area contributed by atoms with Crippen molar-refractivity contribution in [1.82, 2.24) is 5.32 Å². The van der Waals surface area contributed by atoms with Gasteiger partial charge < -0.3 is 10.1 Å². The maximum atomic E-state index is 13.6. The van der Waals surface area contributed by atoms with Crippen LogP contribution in [0.15, 0.2) is 41.8 Å². The van der Waals surface area contributed by atoms with Crippen LogP contribution in [0.1, 0.15) is 22.9 Å². The summed E-state index contributed by atoms with van der Waals surface area (Å²) in [6, 6.07) is 9.34. The Morgan fingerprint density at radius 3 is 2.68 bits per heavy atom. The topological polar surface area (TPSA) is 55.4 Å². The van der Waals surface area contributed by atoms with Crippen molar-refractivity contribution < 1.29 is 18.7 Å². The minimum Gasteiger partial charge on any atom is -0.469 e. The number of methoxy groups -OCH3 is 1. The highest BCUT2D eigenvalue weighted by molar-refractivity contribution is 7.10. The van der Waals surface area contributed by atoms with Crippen LogP contribution in [0.3, 0.4) is 0 Å². The minimum atomic E-state index is -0.466. The molecule has 0 aliphatic heterocycles. The van der Waals surface area contributed by atoms with Gasteiger partial charge in [-0.15, -0.1) is 11.3 Å². The van der Waals surface area contributed by atoms with E-state index in [1.165, 1.54) is 24.5 Å². The van der Waals surface area contributed by atoms with Crippen molar-refractivity contribution in [3.63, 3.8) is 0 Å². The number of thiophene rings is 1. The van der Waals surface area contributed by atoms with Crippen molar-refractivity contribution in [2.75, 3.05) is 7.11 Å².